The standard InChI is InChI=1S/C58H111NO8/c1-3-5-7-9-11-13-15-17-19-21-23-24-25-26-27-28-30-31-33-35-37-39-41-43-45-47-52(61)51(50-66-58-57(65)56(64)55(63)53(49-60)67-58)59-54(62)48-46-44-42-40-38-36-34-32-29-22-20-18-16-14-12-10-8-6-4-2/h12,14,18,20,51-53,55-58,60-61,63-65H,3-11,13,15-17,19,21-50H2,1-2H3,(H,59,62)/b14-12-,20-18-. The monoisotopic (exact) mass is 950 g/mol. The van der Waals surface area contributed by atoms with Crippen LogP contribution in [0.1, 0.15) is 284 Å². The molecule has 9 nitrogen and oxygen atoms in total. The molecule has 0 aromatic heterocycles. The zero-order valence-corrected chi connectivity index (χ0v) is 43.9. The van der Waals surface area contributed by atoms with Crippen LogP contribution in [0.4, 0.5) is 0 Å². The lowest BCUT2D eigenvalue weighted by atomic mass is 9.99. The molecule has 0 saturated carbocycles. The quantitative estimate of drug-likeness (QED) is 0.0261. The van der Waals surface area contributed by atoms with Gasteiger partial charge in [-0.05, 0) is 44.9 Å². The summed E-state index contributed by atoms with van der Waals surface area (Å²) >= 11 is 0. The molecule has 67 heavy (non-hydrogen) atoms. The second kappa shape index (κ2) is 48.3. The van der Waals surface area contributed by atoms with Crippen molar-refractivity contribution in [2.24, 2.45) is 0 Å². The van der Waals surface area contributed by atoms with Gasteiger partial charge in [0, 0.05) is 6.42 Å². The fourth-order valence-electron chi connectivity index (χ4n) is 9.43. The van der Waals surface area contributed by atoms with Gasteiger partial charge in [0.2, 0.25) is 5.91 Å². The second-order valence-corrected chi connectivity index (χ2v) is 20.4. The second-order valence-electron chi connectivity index (χ2n) is 20.4. The van der Waals surface area contributed by atoms with Crippen molar-refractivity contribution in [3.05, 3.63) is 24.3 Å². The van der Waals surface area contributed by atoms with E-state index in [9.17, 15) is 30.3 Å². The van der Waals surface area contributed by atoms with Gasteiger partial charge in [-0.15, -0.1) is 0 Å². The van der Waals surface area contributed by atoms with E-state index in [1.807, 2.05) is 0 Å². The van der Waals surface area contributed by atoms with Crippen molar-refractivity contribution in [1.82, 2.24) is 5.32 Å². The topological polar surface area (TPSA) is 149 Å². The number of nitrogens with one attached hydrogen (secondary N) is 1. The van der Waals surface area contributed by atoms with Crippen molar-refractivity contribution in [3.63, 3.8) is 0 Å². The summed E-state index contributed by atoms with van der Waals surface area (Å²) in [6, 6.07) is -0.720. The van der Waals surface area contributed by atoms with Gasteiger partial charge in [0.25, 0.3) is 0 Å². The third-order valence-corrected chi connectivity index (χ3v) is 14.1. The maximum Gasteiger partial charge on any atom is 0.220 e. The van der Waals surface area contributed by atoms with E-state index in [1.165, 1.54) is 212 Å². The summed E-state index contributed by atoms with van der Waals surface area (Å²) < 4.78 is 11.3. The number of aliphatic hydroxyl groups excluding tert-OH is 5. The Hall–Kier alpha value is -1.33. The van der Waals surface area contributed by atoms with Crippen LogP contribution in [0.2, 0.25) is 0 Å². The van der Waals surface area contributed by atoms with Crippen LogP contribution < -0.4 is 5.32 Å². The predicted octanol–water partition coefficient (Wildman–Crippen LogP) is 14.2. The summed E-state index contributed by atoms with van der Waals surface area (Å²) in [6.07, 6.45) is 53.4. The molecule has 396 valence electrons. The van der Waals surface area contributed by atoms with Gasteiger partial charge in [-0.2, -0.15) is 0 Å². The molecule has 6 N–H and O–H groups in total. The molecule has 1 aliphatic rings. The summed E-state index contributed by atoms with van der Waals surface area (Å²) in [4.78, 5) is 13.1. The zero-order chi connectivity index (χ0) is 48.7. The molecule has 1 fully saturated rings. The van der Waals surface area contributed by atoms with Gasteiger partial charge in [-0.3, -0.25) is 4.79 Å². The Morgan fingerprint density at radius 3 is 1.31 bits per heavy atom. The molecular formula is C58H111NO8. The first-order valence-corrected chi connectivity index (χ1v) is 29.0. The van der Waals surface area contributed by atoms with E-state index >= 15 is 0 Å². The van der Waals surface area contributed by atoms with Gasteiger partial charge in [0.05, 0.1) is 25.4 Å². The van der Waals surface area contributed by atoms with E-state index < -0.39 is 49.5 Å². The third-order valence-electron chi connectivity index (χ3n) is 14.1. The number of unbranched alkanes of at least 4 members (excludes halogenated alkanes) is 36. The highest BCUT2D eigenvalue weighted by Crippen LogP contribution is 2.23. The number of rotatable bonds is 50. The lowest BCUT2D eigenvalue weighted by Gasteiger charge is -2.40. The highest BCUT2D eigenvalue weighted by Gasteiger charge is 2.44. The van der Waals surface area contributed by atoms with Crippen LogP contribution in [-0.4, -0.2) is 87.5 Å². The smallest absolute Gasteiger partial charge is 0.220 e. The van der Waals surface area contributed by atoms with Crippen molar-refractivity contribution in [2.75, 3.05) is 13.2 Å². The molecule has 0 aromatic rings. The average Bonchev–Trinajstić information content (AvgIpc) is 3.33. The highest BCUT2D eigenvalue weighted by atomic mass is 16.7. The molecule has 9 heteroatoms. The maximum atomic E-state index is 13.1. The van der Waals surface area contributed by atoms with Crippen molar-refractivity contribution in [2.45, 2.75) is 326 Å². The first kappa shape index (κ1) is 63.7. The number of ether oxygens (including phenoxy) is 2. The van der Waals surface area contributed by atoms with Crippen molar-refractivity contribution < 1.29 is 39.8 Å². The highest BCUT2D eigenvalue weighted by molar-refractivity contribution is 5.76. The van der Waals surface area contributed by atoms with Crippen LogP contribution in [0.25, 0.3) is 0 Å². The molecule has 1 heterocycles. The van der Waals surface area contributed by atoms with Gasteiger partial charge in [-0.1, -0.05) is 256 Å². The molecule has 0 spiro atoms. The van der Waals surface area contributed by atoms with E-state index in [2.05, 4.69) is 43.5 Å². The maximum absolute atomic E-state index is 13.1. The lowest BCUT2D eigenvalue weighted by molar-refractivity contribution is -0.302. The van der Waals surface area contributed by atoms with Crippen LogP contribution >= 0.6 is 0 Å². The van der Waals surface area contributed by atoms with Gasteiger partial charge >= 0.3 is 0 Å². The Morgan fingerprint density at radius 2 is 0.881 bits per heavy atom. The van der Waals surface area contributed by atoms with Gasteiger partial charge < -0.3 is 40.3 Å². The largest absolute Gasteiger partial charge is 0.394 e. The minimum atomic E-state index is -1.55. The van der Waals surface area contributed by atoms with Crippen LogP contribution in [0.15, 0.2) is 24.3 Å². The minimum absolute atomic E-state index is 0.137. The van der Waals surface area contributed by atoms with E-state index in [4.69, 9.17) is 9.47 Å². The van der Waals surface area contributed by atoms with Crippen LogP contribution in [0.5, 0.6) is 0 Å². The average molecular weight is 951 g/mol. The van der Waals surface area contributed by atoms with E-state index in [1.54, 1.807) is 0 Å². The summed E-state index contributed by atoms with van der Waals surface area (Å²) in [5.74, 6) is -0.145. The summed E-state index contributed by atoms with van der Waals surface area (Å²) in [5, 5.41) is 54.7. The van der Waals surface area contributed by atoms with Crippen molar-refractivity contribution in [1.29, 1.82) is 0 Å². The lowest BCUT2D eigenvalue weighted by Crippen LogP contribution is -2.60. The predicted molar refractivity (Wildman–Crippen MR) is 281 cm³/mol. The van der Waals surface area contributed by atoms with Crippen molar-refractivity contribution >= 4 is 5.91 Å². The molecule has 1 amide bonds. The Bertz CT molecular complexity index is 1100. The summed E-state index contributed by atoms with van der Waals surface area (Å²) in [7, 11) is 0. The molecule has 1 rings (SSSR count). The summed E-state index contributed by atoms with van der Waals surface area (Å²) in [6.45, 7) is 3.84. The Balaban J connectivity index is 2.20. The number of amides is 1. The fourth-order valence-corrected chi connectivity index (χ4v) is 9.43. The molecule has 7 atom stereocenters. The number of hydrogen-bond donors (Lipinski definition) is 6. The zero-order valence-electron chi connectivity index (χ0n) is 43.9. The summed E-state index contributed by atoms with van der Waals surface area (Å²) in [5.41, 5.74) is 0. The van der Waals surface area contributed by atoms with Crippen LogP contribution in [-0.2, 0) is 14.3 Å². The molecule has 7 unspecified atom stereocenters. The molecule has 0 aromatic carbocycles. The van der Waals surface area contributed by atoms with Gasteiger partial charge in [-0.25, -0.2) is 0 Å². The first-order valence-electron chi connectivity index (χ1n) is 29.0. The fraction of sp³-hybridized carbons (Fsp3) is 0.914. The van der Waals surface area contributed by atoms with Gasteiger partial charge in [0.1, 0.15) is 24.4 Å². The Morgan fingerprint density at radius 1 is 0.507 bits per heavy atom. The first-order chi connectivity index (χ1) is 32.8. The van der Waals surface area contributed by atoms with Crippen molar-refractivity contribution in [3.8, 4) is 0 Å². The molecule has 1 saturated heterocycles. The number of carbonyl (C=O) groups is 1. The number of hydrogen-bond acceptors (Lipinski definition) is 8. The minimum Gasteiger partial charge on any atom is -0.394 e. The molecule has 0 radical (unpaired) electrons. The molecule has 1 aliphatic heterocycles. The number of carbonyl (C=O) groups excluding carboxylic acids is 1. The van der Waals surface area contributed by atoms with Crippen LogP contribution in [0.3, 0.4) is 0 Å². The van der Waals surface area contributed by atoms with E-state index in [-0.39, 0.29) is 12.5 Å². The SMILES string of the molecule is CCCCC/C=C\C/C=C\CCCCCCCCCCCC(=O)NC(COC1OC(CO)C(O)C(O)C1O)C(O)CCCCCCCCCCCCCCCCCCCCCCCCCCC. The normalized spacial score (nSPS) is 19.8. The molecule has 0 bridgehead atoms. The number of allylic oxidation sites excluding steroid dienone is 4. The molecule has 0 aliphatic carbocycles. The Kier molecular flexibility index (Phi) is 45.9. The van der Waals surface area contributed by atoms with E-state index in [0.717, 1.165) is 44.9 Å². The van der Waals surface area contributed by atoms with Crippen LogP contribution in [0, 0.1) is 0 Å². The third kappa shape index (κ3) is 38.1. The van der Waals surface area contributed by atoms with E-state index in [0.29, 0.717) is 12.8 Å². The Labute approximate surface area is 413 Å². The molecular weight excluding hydrogens is 839 g/mol. The van der Waals surface area contributed by atoms with Gasteiger partial charge in [0.15, 0.2) is 6.29 Å². The number of aliphatic hydroxyl groups is 5.